The topological polar surface area (TPSA) is 62.7 Å². The number of amides is 1. The van der Waals surface area contributed by atoms with Crippen molar-refractivity contribution < 1.29 is 14.6 Å². The molecule has 1 aliphatic rings. The molecule has 2 rings (SSSR count). The number of likely N-dealkylation sites (tertiary alicyclic amines) is 1. The molecule has 5 heteroatoms. The maximum atomic E-state index is 12.6. The Morgan fingerprint density at radius 3 is 3.24 bits per heavy atom. The van der Waals surface area contributed by atoms with Gasteiger partial charge < -0.3 is 14.7 Å². The van der Waals surface area contributed by atoms with E-state index in [1.54, 1.807) is 36.2 Å². The van der Waals surface area contributed by atoms with Gasteiger partial charge in [0, 0.05) is 25.2 Å². The van der Waals surface area contributed by atoms with Crippen molar-refractivity contribution in [3.63, 3.8) is 0 Å². The first kappa shape index (κ1) is 15.5. The summed E-state index contributed by atoms with van der Waals surface area (Å²) in [5, 5.41) is 9.73. The van der Waals surface area contributed by atoms with E-state index in [-0.39, 0.29) is 11.8 Å². The number of carbonyl (C=O) groups is 1. The lowest BCUT2D eigenvalue weighted by Crippen LogP contribution is -2.43. The molecular formula is C16H22N2O3. The van der Waals surface area contributed by atoms with Crippen molar-refractivity contribution in [2.45, 2.75) is 25.9 Å². The van der Waals surface area contributed by atoms with Gasteiger partial charge in [0.05, 0.1) is 6.10 Å². The van der Waals surface area contributed by atoms with Gasteiger partial charge >= 0.3 is 0 Å². The minimum absolute atomic E-state index is 0.129. The number of rotatable bonds is 5. The van der Waals surface area contributed by atoms with Crippen molar-refractivity contribution in [2.75, 3.05) is 19.7 Å². The molecule has 0 aromatic carbocycles. The van der Waals surface area contributed by atoms with Gasteiger partial charge in [-0.3, -0.25) is 4.79 Å². The first-order chi connectivity index (χ1) is 10.1. The van der Waals surface area contributed by atoms with Crippen LogP contribution in [-0.4, -0.2) is 46.7 Å². The quantitative estimate of drug-likeness (QED) is 0.841. The predicted molar refractivity (Wildman–Crippen MR) is 80.2 cm³/mol. The average molecular weight is 290 g/mol. The maximum Gasteiger partial charge on any atom is 0.276 e. The highest BCUT2D eigenvalue weighted by Gasteiger charge is 2.29. The van der Waals surface area contributed by atoms with Crippen LogP contribution in [0.2, 0.25) is 0 Å². The largest absolute Gasteiger partial charge is 0.487 e. The number of ether oxygens (including phenoxy) is 1. The number of hydrogen-bond acceptors (Lipinski definition) is 4. The zero-order valence-electron chi connectivity index (χ0n) is 12.4. The molecule has 2 atom stereocenters. The fourth-order valence-electron chi connectivity index (χ4n) is 2.55. The number of aliphatic hydroxyl groups excluding tert-OH is 1. The molecule has 1 aliphatic heterocycles. The fraction of sp³-hybridized carbons (Fsp3) is 0.500. The van der Waals surface area contributed by atoms with Gasteiger partial charge in [0.2, 0.25) is 0 Å². The molecule has 1 fully saturated rings. The van der Waals surface area contributed by atoms with Crippen LogP contribution in [0.1, 0.15) is 30.3 Å². The average Bonchev–Trinajstić information content (AvgIpc) is 2.52. The molecule has 21 heavy (non-hydrogen) atoms. The van der Waals surface area contributed by atoms with Gasteiger partial charge in [0.1, 0.15) is 6.61 Å². The Hall–Kier alpha value is -1.88. The van der Waals surface area contributed by atoms with Crippen LogP contribution >= 0.6 is 0 Å². The van der Waals surface area contributed by atoms with Crippen LogP contribution in [0.25, 0.3) is 0 Å². The van der Waals surface area contributed by atoms with Crippen molar-refractivity contribution in [2.24, 2.45) is 5.92 Å². The summed E-state index contributed by atoms with van der Waals surface area (Å²) in [4.78, 5) is 18.5. The Morgan fingerprint density at radius 1 is 1.71 bits per heavy atom. The molecule has 0 aliphatic carbocycles. The highest BCUT2D eigenvalue weighted by Crippen LogP contribution is 2.23. The first-order valence-corrected chi connectivity index (χ1v) is 7.29. The lowest BCUT2D eigenvalue weighted by atomic mass is 9.93. The lowest BCUT2D eigenvalue weighted by Gasteiger charge is -2.34. The summed E-state index contributed by atoms with van der Waals surface area (Å²) in [6, 6.07) is 3.48. The maximum absolute atomic E-state index is 12.6. The Kier molecular flexibility index (Phi) is 5.33. The molecule has 0 radical (unpaired) electrons. The first-order valence-electron chi connectivity index (χ1n) is 7.29. The van der Waals surface area contributed by atoms with Crippen LogP contribution in [0.5, 0.6) is 5.75 Å². The molecular weight excluding hydrogens is 268 g/mol. The molecule has 0 spiro atoms. The van der Waals surface area contributed by atoms with E-state index < -0.39 is 6.10 Å². The smallest absolute Gasteiger partial charge is 0.276 e. The summed E-state index contributed by atoms with van der Waals surface area (Å²) >= 11 is 0. The third kappa shape index (κ3) is 3.82. The predicted octanol–water partition coefficient (Wildman–Crippen LogP) is 1.88. The zero-order valence-corrected chi connectivity index (χ0v) is 12.4. The summed E-state index contributed by atoms with van der Waals surface area (Å²) in [6.45, 7) is 6.97. The molecule has 1 aromatic rings. The summed E-state index contributed by atoms with van der Waals surface area (Å²) in [7, 11) is 0. The molecule has 2 unspecified atom stereocenters. The number of hydrogen-bond donors (Lipinski definition) is 1. The van der Waals surface area contributed by atoms with Crippen LogP contribution in [0.3, 0.4) is 0 Å². The van der Waals surface area contributed by atoms with Crippen molar-refractivity contribution in [1.82, 2.24) is 9.88 Å². The highest BCUT2D eigenvalue weighted by atomic mass is 16.5. The van der Waals surface area contributed by atoms with Crippen molar-refractivity contribution in [3.05, 3.63) is 36.7 Å². The number of carbonyl (C=O) groups excluding carboxylic acids is 1. The Bertz CT molecular complexity index is 502. The number of pyridine rings is 1. The molecule has 2 heterocycles. The second kappa shape index (κ2) is 7.22. The van der Waals surface area contributed by atoms with E-state index in [2.05, 4.69) is 11.6 Å². The minimum Gasteiger partial charge on any atom is -0.487 e. The second-order valence-corrected chi connectivity index (χ2v) is 5.34. The number of aromatic nitrogens is 1. The van der Waals surface area contributed by atoms with Crippen LogP contribution in [0.15, 0.2) is 31.0 Å². The van der Waals surface area contributed by atoms with Gasteiger partial charge in [-0.2, -0.15) is 0 Å². The Morgan fingerprint density at radius 2 is 2.52 bits per heavy atom. The number of aliphatic hydroxyl groups is 1. The standard InChI is InChI=1S/C16H22N2O3/c1-3-10-21-14-7-4-8-17-15(14)16(20)18-9-5-6-13(11-18)12(2)19/h3-4,7-8,12-13,19H,1,5-6,9-11H2,2H3. The Labute approximate surface area is 125 Å². The van der Waals surface area contributed by atoms with Crippen LogP contribution in [0, 0.1) is 5.92 Å². The van der Waals surface area contributed by atoms with Crippen molar-refractivity contribution >= 4 is 5.91 Å². The molecule has 1 amide bonds. The van der Waals surface area contributed by atoms with Crippen molar-refractivity contribution in [3.8, 4) is 5.75 Å². The van der Waals surface area contributed by atoms with E-state index >= 15 is 0 Å². The van der Waals surface area contributed by atoms with Gasteiger partial charge in [0.25, 0.3) is 5.91 Å². The van der Waals surface area contributed by atoms with Gasteiger partial charge in [-0.15, -0.1) is 0 Å². The van der Waals surface area contributed by atoms with E-state index in [1.807, 2.05) is 0 Å². The summed E-state index contributed by atoms with van der Waals surface area (Å²) in [5.74, 6) is 0.463. The van der Waals surface area contributed by atoms with E-state index in [9.17, 15) is 9.90 Å². The normalized spacial score (nSPS) is 19.9. The van der Waals surface area contributed by atoms with Crippen LogP contribution < -0.4 is 4.74 Å². The summed E-state index contributed by atoms with van der Waals surface area (Å²) in [6.07, 6.45) is 4.66. The molecule has 1 aromatic heterocycles. The van der Waals surface area contributed by atoms with Gasteiger partial charge in [-0.05, 0) is 31.9 Å². The van der Waals surface area contributed by atoms with Crippen LogP contribution in [-0.2, 0) is 0 Å². The minimum atomic E-state index is -0.402. The third-order valence-electron chi connectivity index (χ3n) is 3.76. The summed E-state index contributed by atoms with van der Waals surface area (Å²) in [5.41, 5.74) is 0.325. The van der Waals surface area contributed by atoms with Gasteiger partial charge in [-0.1, -0.05) is 12.7 Å². The molecule has 5 nitrogen and oxygen atoms in total. The van der Waals surface area contributed by atoms with Crippen LogP contribution in [0.4, 0.5) is 0 Å². The molecule has 0 saturated carbocycles. The SMILES string of the molecule is C=CCOc1cccnc1C(=O)N1CCCC(C(C)O)C1. The highest BCUT2D eigenvalue weighted by molar-refractivity contribution is 5.95. The number of nitrogens with zero attached hydrogens (tertiary/aromatic N) is 2. The second-order valence-electron chi connectivity index (χ2n) is 5.34. The van der Waals surface area contributed by atoms with Gasteiger partial charge in [-0.25, -0.2) is 4.98 Å². The molecule has 1 saturated heterocycles. The summed E-state index contributed by atoms with van der Waals surface area (Å²) < 4.78 is 5.50. The zero-order chi connectivity index (χ0) is 15.2. The monoisotopic (exact) mass is 290 g/mol. The molecule has 1 N–H and O–H groups in total. The van der Waals surface area contributed by atoms with E-state index in [1.165, 1.54) is 0 Å². The van der Waals surface area contributed by atoms with Crippen molar-refractivity contribution in [1.29, 1.82) is 0 Å². The molecule has 0 bridgehead atoms. The lowest BCUT2D eigenvalue weighted by molar-refractivity contribution is 0.0459. The van der Waals surface area contributed by atoms with Gasteiger partial charge in [0.15, 0.2) is 11.4 Å². The third-order valence-corrected chi connectivity index (χ3v) is 3.76. The molecule has 114 valence electrons. The Balaban J connectivity index is 2.14. The van der Waals surface area contributed by atoms with E-state index in [0.29, 0.717) is 31.1 Å². The van der Waals surface area contributed by atoms with E-state index in [4.69, 9.17) is 4.74 Å². The van der Waals surface area contributed by atoms with E-state index in [0.717, 1.165) is 12.8 Å². The fourth-order valence-corrected chi connectivity index (χ4v) is 2.55. The number of piperidine rings is 1.